The Balaban J connectivity index is 1.41. The molecule has 1 aliphatic rings. The van der Waals surface area contributed by atoms with Crippen LogP contribution in [-0.2, 0) is 4.79 Å². The lowest BCUT2D eigenvalue weighted by Crippen LogP contribution is -2.43. The number of anilines is 1. The Labute approximate surface area is 181 Å². The number of fused-ring (bicyclic) bond motifs is 1. The number of nitrogens with one attached hydrogen (secondary N) is 3. The Morgan fingerprint density at radius 2 is 2.00 bits per heavy atom. The Bertz CT molecular complexity index is 1030. The maximum atomic E-state index is 12.0. The summed E-state index contributed by atoms with van der Waals surface area (Å²) in [4.78, 5) is 26.2. The number of pyridine rings is 2. The van der Waals surface area contributed by atoms with Crippen LogP contribution in [0.4, 0.5) is 5.82 Å². The van der Waals surface area contributed by atoms with E-state index in [2.05, 4.69) is 20.6 Å². The van der Waals surface area contributed by atoms with Crippen LogP contribution in [-0.4, -0.2) is 58.5 Å². The zero-order chi connectivity index (χ0) is 21.1. The molecule has 1 aliphatic carbocycles. The van der Waals surface area contributed by atoms with Crippen LogP contribution in [0, 0.1) is 0 Å². The van der Waals surface area contributed by atoms with Crippen molar-refractivity contribution in [1.82, 2.24) is 25.2 Å². The van der Waals surface area contributed by atoms with Crippen molar-refractivity contribution in [3.8, 4) is 11.3 Å². The molecule has 7 nitrogen and oxygen atoms in total. The monoisotopic (exact) mass is 426 g/mol. The fraction of sp³-hybridized carbons (Fsp3) is 0.409. The average molecular weight is 427 g/mol. The highest BCUT2D eigenvalue weighted by molar-refractivity contribution is 6.31. The number of aromatic nitrogens is 3. The minimum absolute atomic E-state index is 0.0887. The van der Waals surface area contributed by atoms with Crippen molar-refractivity contribution in [2.75, 3.05) is 26.0 Å². The molecule has 0 saturated heterocycles. The number of carbonyl (C=O) groups excluding carboxylic acids is 1. The van der Waals surface area contributed by atoms with Gasteiger partial charge in [-0.05, 0) is 64.0 Å². The Kier molecular flexibility index (Phi) is 6.20. The number of rotatable bonds is 6. The van der Waals surface area contributed by atoms with E-state index >= 15 is 0 Å². The average Bonchev–Trinajstić information content (AvgIpc) is 3.13. The largest absolute Gasteiger partial charge is 0.367 e. The molecule has 8 heteroatoms. The summed E-state index contributed by atoms with van der Waals surface area (Å²) in [6.07, 6.45) is 7.56. The van der Waals surface area contributed by atoms with Crippen LogP contribution >= 0.6 is 11.6 Å². The van der Waals surface area contributed by atoms with E-state index < -0.39 is 0 Å². The normalized spacial score (nSPS) is 19.2. The number of H-pyrrole nitrogens is 1. The van der Waals surface area contributed by atoms with E-state index in [1.165, 1.54) is 0 Å². The summed E-state index contributed by atoms with van der Waals surface area (Å²) >= 11 is 6.40. The molecule has 0 aliphatic heterocycles. The number of likely N-dealkylation sites (N-methyl/N-ethyl adjacent to an activating group) is 1. The summed E-state index contributed by atoms with van der Waals surface area (Å²) < 4.78 is 0. The van der Waals surface area contributed by atoms with E-state index in [1.807, 2.05) is 49.5 Å². The summed E-state index contributed by atoms with van der Waals surface area (Å²) in [5.74, 6) is 0.863. The molecule has 3 heterocycles. The molecule has 0 unspecified atom stereocenters. The third-order valence-corrected chi connectivity index (χ3v) is 5.64. The fourth-order valence-corrected chi connectivity index (χ4v) is 4.24. The molecule has 3 N–H and O–H groups in total. The van der Waals surface area contributed by atoms with Gasteiger partial charge in [0.05, 0.1) is 12.2 Å². The number of halogens is 1. The van der Waals surface area contributed by atoms with Gasteiger partial charge in [-0.15, -0.1) is 0 Å². The summed E-state index contributed by atoms with van der Waals surface area (Å²) in [5, 5.41) is 8.33. The Morgan fingerprint density at radius 1 is 1.23 bits per heavy atom. The van der Waals surface area contributed by atoms with E-state index in [9.17, 15) is 4.79 Å². The third-order valence-electron chi connectivity index (χ3n) is 5.42. The molecule has 0 atom stereocenters. The zero-order valence-electron chi connectivity index (χ0n) is 17.3. The van der Waals surface area contributed by atoms with Gasteiger partial charge in [0.25, 0.3) is 0 Å². The van der Waals surface area contributed by atoms with Crippen LogP contribution in [0.5, 0.6) is 0 Å². The number of aromatic amines is 1. The van der Waals surface area contributed by atoms with Crippen molar-refractivity contribution in [2.45, 2.75) is 37.8 Å². The highest BCUT2D eigenvalue weighted by Crippen LogP contribution is 2.30. The Morgan fingerprint density at radius 3 is 2.77 bits per heavy atom. The van der Waals surface area contributed by atoms with Crippen LogP contribution in [0.15, 0.2) is 36.7 Å². The first kappa shape index (κ1) is 20.6. The second-order valence-corrected chi connectivity index (χ2v) is 8.59. The molecule has 0 aromatic carbocycles. The predicted octanol–water partition coefficient (Wildman–Crippen LogP) is 3.68. The highest BCUT2D eigenvalue weighted by atomic mass is 35.5. The van der Waals surface area contributed by atoms with Gasteiger partial charge < -0.3 is 20.5 Å². The van der Waals surface area contributed by atoms with Gasteiger partial charge in [0.15, 0.2) is 0 Å². The van der Waals surface area contributed by atoms with E-state index in [-0.39, 0.29) is 11.9 Å². The van der Waals surface area contributed by atoms with Crippen LogP contribution in [0.1, 0.15) is 25.7 Å². The number of hydrogen-bond donors (Lipinski definition) is 3. The first-order valence-electron chi connectivity index (χ1n) is 10.3. The predicted molar refractivity (Wildman–Crippen MR) is 121 cm³/mol. The van der Waals surface area contributed by atoms with Gasteiger partial charge in [-0.2, -0.15) is 0 Å². The standard InChI is InChI=1S/C22H27ClN6O/c1-29(2)13-21(30)27-16-7-5-15(6-8-16)26-20-11-14(23)10-19(28-20)18-12-25-22-17(18)4-3-9-24-22/h3-4,9-12,15-16H,5-8,13H2,1-2H3,(H,24,25)(H,26,28)(H,27,30). The van der Waals surface area contributed by atoms with Crippen molar-refractivity contribution in [1.29, 1.82) is 0 Å². The highest BCUT2D eigenvalue weighted by Gasteiger charge is 2.23. The molecule has 1 saturated carbocycles. The molecule has 0 spiro atoms. The Hall–Kier alpha value is -2.64. The van der Waals surface area contributed by atoms with E-state index in [4.69, 9.17) is 16.6 Å². The molecule has 4 rings (SSSR count). The third kappa shape index (κ3) is 4.91. The fourth-order valence-electron chi connectivity index (χ4n) is 4.03. The van der Waals surface area contributed by atoms with Gasteiger partial charge in [0, 0.05) is 40.4 Å². The lowest BCUT2D eigenvalue weighted by atomic mass is 9.91. The summed E-state index contributed by atoms with van der Waals surface area (Å²) in [5.41, 5.74) is 2.63. The van der Waals surface area contributed by atoms with Crippen molar-refractivity contribution in [3.05, 3.63) is 41.7 Å². The first-order chi connectivity index (χ1) is 14.5. The van der Waals surface area contributed by atoms with Crippen molar-refractivity contribution in [2.24, 2.45) is 0 Å². The van der Waals surface area contributed by atoms with Crippen LogP contribution in [0.25, 0.3) is 22.3 Å². The van der Waals surface area contributed by atoms with E-state index in [1.54, 1.807) is 6.20 Å². The topological polar surface area (TPSA) is 85.9 Å². The molecule has 1 amide bonds. The molecular weight excluding hydrogens is 400 g/mol. The summed E-state index contributed by atoms with van der Waals surface area (Å²) in [6, 6.07) is 8.24. The molecule has 0 bridgehead atoms. The lowest BCUT2D eigenvalue weighted by molar-refractivity contribution is -0.122. The minimum Gasteiger partial charge on any atom is -0.367 e. The summed E-state index contributed by atoms with van der Waals surface area (Å²) in [6.45, 7) is 0.427. The summed E-state index contributed by atoms with van der Waals surface area (Å²) in [7, 11) is 3.80. The first-order valence-corrected chi connectivity index (χ1v) is 10.7. The van der Waals surface area contributed by atoms with Gasteiger partial charge in [0.1, 0.15) is 11.5 Å². The van der Waals surface area contributed by atoms with Crippen LogP contribution in [0.2, 0.25) is 5.02 Å². The lowest BCUT2D eigenvalue weighted by Gasteiger charge is -2.30. The zero-order valence-corrected chi connectivity index (χ0v) is 18.0. The molecule has 158 valence electrons. The van der Waals surface area contributed by atoms with Crippen molar-refractivity contribution < 1.29 is 4.79 Å². The number of hydrogen-bond acceptors (Lipinski definition) is 5. The van der Waals surface area contributed by atoms with Crippen LogP contribution < -0.4 is 10.6 Å². The second-order valence-electron chi connectivity index (χ2n) is 8.16. The maximum absolute atomic E-state index is 12.0. The molecule has 30 heavy (non-hydrogen) atoms. The van der Waals surface area contributed by atoms with Crippen LogP contribution in [0.3, 0.4) is 0 Å². The maximum Gasteiger partial charge on any atom is 0.234 e. The van der Waals surface area contributed by atoms with E-state index in [0.29, 0.717) is 17.6 Å². The van der Waals surface area contributed by atoms with Gasteiger partial charge >= 0.3 is 0 Å². The van der Waals surface area contributed by atoms with Crippen molar-refractivity contribution >= 4 is 34.4 Å². The number of carbonyl (C=O) groups is 1. The van der Waals surface area contributed by atoms with Gasteiger partial charge in [0.2, 0.25) is 5.91 Å². The second kappa shape index (κ2) is 9.02. The molecule has 3 aromatic heterocycles. The minimum atomic E-state index is 0.0887. The number of amides is 1. The van der Waals surface area contributed by atoms with Crippen molar-refractivity contribution in [3.63, 3.8) is 0 Å². The smallest absolute Gasteiger partial charge is 0.234 e. The molecule has 3 aromatic rings. The van der Waals surface area contributed by atoms with Gasteiger partial charge in [-0.3, -0.25) is 4.79 Å². The quantitative estimate of drug-likeness (QED) is 0.559. The SMILES string of the molecule is CN(C)CC(=O)NC1CCC(Nc2cc(Cl)cc(-c3c[nH]c4ncccc34)n2)CC1. The van der Waals surface area contributed by atoms with Gasteiger partial charge in [-0.25, -0.2) is 9.97 Å². The molecular formula is C22H27ClN6O. The number of nitrogens with zero attached hydrogens (tertiary/aromatic N) is 3. The van der Waals surface area contributed by atoms with E-state index in [0.717, 1.165) is 53.8 Å². The molecule has 1 fully saturated rings. The molecule has 0 radical (unpaired) electrons. The van der Waals surface area contributed by atoms with Gasteiger partial charge in [-0.1, -0.05) is 11.6 Å².